The number of methoxy groups -OCH3 is 2. The minimum absolute atomic E-state index is 0.0566. The number of carbonyl (C=O) groups excluding carboxylic acids is 1. The van der Waals surface area contributed by atoms with Gasteiger partial charge < -0.3 is 19.8 Å². The van der Waals surface area contributed by atoms with Crippen LogP contribution < -0.4 is 14.8 Å². The molecular formula is C17H14ClFN2O3. The predicted molar refractivity (Wildman–Crippen MR) is 90.8 cm³/mol. The molecule has 2 aromatic carbocycles. The number of hydrogen-bond donors (Lipinski definition) is 2. The van der Waals surface area contributed by atoms with Crippen LogP contribution in [0.15, 0.2) is 36.4 Å². The van der Waals surface area contributed by atoms with Crippen LogP contribution in [0.4, 0.5) is 10.1 Å². The molecule has 24 heavy (non-hydrogen) atoms. The Bertz CT molecular complexity index is 883. The van der Waals surface area contributed by atoms with Crippen LogP contribution in [0.25, 0.3) is 10.9 Å². The van der Waals surface area contributed by atoms with Gasteiger partial charge in [-0.3, -0.25) is 4.79 Å². The van der Waals surface area contributed by atoms with Gasteiger partial charge in [-0.1, -0.05) is 11.6 Å². The second-order valence-corrected chi connectivity index (χ2v) is 5.47. The number of halogens is 2. The number of aromatic amines is 1. The van der Waals surface area contributed by atoms with Crippen LogP contribution in [0, 0.1) is 5.82 Å². The van der Waals surface area contributed by atoms with Crippen LogP contribution in [0.2, 0.25) is 5.02 Å². The number of hydrogen-bond acceptors (Lipinski definition) is 3. The van der Waals surface area contributed by atoms with E-state index in [4.69, 9.17) is 21.1 Å². The van der Waals surface area contributed by atoms with Crippen molar-refractivity contribution in [1.29, 1.82) is 0 Å². The first-order valence-electron chi connectivity index (χ1n) is 7.03. The lowest BCUT2D eigenvalue weighted by Crippen LogP contribution is -2.12. The number of benzene rings is 2. The third kappa shape index (κ3) is 3.00. The van der Waals surface area contributed by atoms with E-state index in [-0.39, 0.29) is 10.9 Å². The van der Waals surface area contributed by atoms with Crippen molar-refractivity contribution in [2.45, 2.75) is 0 Å². The van der Waals surface area contributed by atoms with Crippen molar-refractivity contribution >= 4 is 34.1 Å². The van der Waals surface area contributed by atoms with Crippen LogP contribution >= 0.6 is 11.6 Å². The Morgan fingerprint density at radius 1 is 1.12 bits per heavy atom. The van der Waals surface area contributed by atoms with Gasteiger partial charge in [0.1, 0.15) is 11.5 Å². The quantitative estimate of drug-likeness (QED) is 0.741. The van der Waals surface area contributed by atoms with E-state index in [1.54, 1.807) is 32.4 Å². The number of carbonyl (C=O) groups is 1. The molecule has 7 heteroatoms. The van der Waals surface area contributed by atoms with E-state index in [2.05, 4.69) is 10.3 Å². The molecule has 0 aliphatic heterocycles. The zero-order valence-electron chi connectivity index (χ0n) is 12.9. The number of ether oxygens (including phenoxy) is 2. The molecule has 0 saturated carbocycles. The van der Waals surface area contributed by atoms with Crippen molar-refractivity contribution in [3.63, 3.8) is 0 Å². The van der Waals surface area contributed by atoms with Crippen molar-refractivity contribution in [3.8, 4) is 11.5 Å². The molecular weight excluding hydrogens is 335 g/mol. The number of anilines is 1. The van der Waals surface area contributed by atoms with Crippen LogP contribution in [-0.4, -0.2) is 25.1 Å². The zero-order chi connectivity index (χ0) is 17.3. The van der Waals surface area contributed by atoms with Crippen LogP contribution in [-0.2, 0) is 0 Å². The Morgan fingerprint density at radius 2 is 1.83 bits per heavy atom. The second kappa shape index (κ2) is 6.41. The average molecular weight is 349 g/mol. The summed E-state index contributed by atoms with van der Waals surface area (Å²) >= 11 is 5.71. The highest BCUT2D eigenvalue weighted by Crippen LogP contribution is 2.32. The van der Waals surface area contributed by atoms with Crippen molar-refractivity contribution < 1.29 is 18.7 Å². The maximum absolute atomic E-state index is 13.2. The average Bonchev–Trinajstić information content (AvgIpc) is 2.99. The Morgan fingerprint density at radius 3 is 2.50 bits per heavy atom. The molecule has 1 amide bonds. The lowest BCUT2D eigenvalue weighted by molar-refractivity contribution is 0.102. The van der Waals surface area contributed by atoms with E-state index in [0.29, 0.717) is 22.9 Å². The smallest absolute Gasteiger partial charge is 0.272 e. The monoisotopic (exact) mass is 348 g/mol. The van der Waals surface area contributed by atoms with Gasteiger partial charge in [0.05, 0.1) is 19.2 Å². The number of rotatable bonds is 4. The van der Waals surface area contributed by atoms with Crippen LogP contribution in [0.1, 0.15) is 10.5 Å². The molecule has 1 aromatic heterocycles. The number of amides is 1. The minimum atomic E-state index is -0.542. The lowest BCUT2D eigenvalue weighted by Gasteiger charge is -2.06. The van der Waals surface area contributed by atoms with Gasteiger partial charge in [-0.15, -0.1) is 0 Å². The molecule has 0 unspecified atom stereocenters. The first kappa shape index (κ1) is 16.1. The standard InChI is InChI=1S/C17H14ClFN2O3/c1-23-15-6-9-5-14(21-13(9)8-16(15)24-2)17(22)20-10-3-4-12(19)11(18)7-10/h3-8,21H,1-2H3,(H,20,22). The Kier molecular flexibility index (Phi) is 4.31. The normalized spacial score (nSPS) is 10.7. The fourth-order valence-corrected chi connectivity index (χ4v) is 2.53. The van der Waals surface area contributed by atoms with Gasteiger partial charge in [0, 0.05) is 22.7 Å². The summed E-state index contributed by atoms with van der Waals surface area (Å²) in [6, 6.07) is 9.20. The van der Waals surface area contributed by atoms with Crippen molar-refractivity contribution in [2.75, 3.05) is 19.5 Å². The van der Waals surface area contributed by atoms with Gasteiger partial charge in [0.2, 0.25) is 0 Å². The van der Waals surface area contributed by atoms with E-state index in [1.807, 2.05) is 0 Å². The molecule has 3 rings (SSSR count). The number of nitrogens with one attached hydrogen (secondary N) is 2. The summed E-state index contributed by atoms with van der Waals surface area (Å²) in [5, 5.41) is 3.40. The number of aromatic nitrogens is 1. The van der Waals surface area contributed by atoms with Gasteiger partial charge in [-0.25, -0.2) is 4.39 Å². The van der Waals surface area contributed by atoms with Gasteiger partial charge >= 0.3 is 0 Å². The van der Waals surface area contributed by atoms with Crippen LogP contribution in [0.3, 0.4) is 0 Å². The fraction of sp³-hybridized carbons (Fsp3) is 0.118. The third-order valence-electron chi connectivity index (χ3n) is 3.55. The third-order valence-corrected chi connectivity index (χ3v) is 3.84. The summed E-state index contributed by atoms with van der Waals surface area (Å²) in [7, 11) is 3.08. The fourth-order valence-electron chi connectivity index (χ4n) is 2.35. The van der Waals surface area contributed by atoms with E-state index in [9.17, 15) is 9.18 Å². The van der Waals surface area contributed by atoms with E-state index in [1.165, 1.54) is 18.2 Å². The lowest BCUT2D eigenvalue weighted by atomic mass is 10.2. The van der Waals surface area contributed by atoms with E-state index in [0.717, 1.165) is 10.9 Å². The molecule has 2 N–H and O–H groups in total. The minimum Gasteiger partial charge on any atom is -0.493 e. The van der Waals surface area contributed by atoms with Gasteiger partial charge in [-0.05, 0) is 30.3 Å². The molecule has 0 aliphatic rings. The van der Waals surface area contributed by atoms with Gasteiger partial charge in [0.15, 0.2) is 11.5 Å². The topological polar surface area (TPSA) is 63.3 Å². The highest BCUT2D eigenvalue weighted by atomic mass is 35.5. The number of fused-ring (bicyclic) bond motifs is 1. The molecule has 5 nitrogen and oxygen atoms in total. The maximum atomic E-state index is 13.2. The molecule has 0 fully saturated rings. The van der Waals surface area contributed by atoms with Crippen molar-refractivity contribution in [2.24, 2.45) is 0 Å². The van der Waals surface area contributed by atoms with Crippen LogP contribution in [0.5, 0.6) is 11.5 Å². The summed E-state index contributed by atoms with van der Waals surface area (Å²) in [5.74, 6) is 0.219. The summed E-state index contributed by atoms with van der Waals surface area (Å²) < 4.78 is 23.6. The molecule has 0 saturated heterocycles. The molecule has 0 radical (unpaired) electrons. The summed E-state index contributed by atoms with van der Waals surface area (Å²) in [5.41, 5.74) is 1.48. The highest BCUT2D eigenvalue weighted by molar-refractivity contribution is 6.31. The highest BCUT2D eigenvalue weighted by Gasteiger charge is 2.13. The number of H-pyrrole nitrogens is 1. The first-order valence-corrected chi connectivity index (χ1v) is 7.40. The van der Waals surface area contributed by atoms with Gasteiger partial charge in [-0.2, -0.15) is 0 Å². The first-order chi connectivity index (χ1) is 11.5. The molecule has 124 valence electrons. The molecule has 0 bridgehead atoms. The summed E-state index contributed by atoms with van der Waals surface area (Å²) in [4.78, 5) is 15.4. The molecule has 0 aliphatic carbocycles. The molecule has 0 spiro atoms. The van der Waals surface area contributed by atoms with E-state index < -0.39 is 5.82 Å². The van der Waals surface area contributed by atoms with E-state index >= 15 is 0 Å². The Balaban J connectivity index is 1.90. The molecule has 3 aromatic rings. The molecule has 0 atom stereocenters. The summed E-state index contributed by atoms with van der Waals surface area (Å²) in [6.45, 7) is 0. The largest absolute Gasteiger partial charge is 0.493 e. The summed E-state index contributed by atoms with van der Waals surface area (Å²) in [6.07, 6.45) is 0. The second-order valence-electron chi connectivity index (χ2n) is 5.06. The predicted octanol–water partition coefficient (Wildman–Crippen LogP) is 4.23. The Labute approximate surface area is 142 Å². The molecule has 1 heterocycles. The Hall–Kier alpha value is -2.73. The van der Waals surface area contributed by atoms with Crippen molar-refractivity contribution in [3.05, 3.63) is 52.9 Å². The van der Waals surface area contributed by atoms with Crippen molar-refractivity contribution in [1.82, 2.24) is 4.98 Å². The zero-order valence-corrected chi connectivity index (χ0v) is 13.7. The van der Waals surface area contributed by atoms with Gasteiger partial charge in [0.25, 0.3) is 5.91 Å². The maximum Gasteiger partial charge on any atom is 0.272 e. The SMILES string of the molecule is COc1cc2cc(C(=O)Nc3ccc(F)c(Cl)c3)[nH]c2cc1OC.